The van der Waals surface area contributed by atoms with Crippen LogP contribution in [0.25, 0.3) is 0 Å². The Balaban J connectivity index is 2.06. The van der Waals surface area contributed by atoms with E-state index in [0.717, 1.165) is 22.6 Å². The highest BCUT2D eigenvalue weighted by Crippen LogP contribution is 2.17. The number of benzene rings is 2. The molecule has 2 aromatic carbocycles. The zero-order valence-electron chi connectivity index (χ0n) is 13.6. The maximum atomic E-state index is 5.96. The van der Waals surface area contributed by atoms with Gasteiger partial charge in [0.25, 0.3) is 0 Å². The molecule has 0 aliphatic heterocycles. The number of anilines is 1. The van der Waals surface area contributed by atoms with Crippen molar-refractivity contribution in [3.63, 3.8) is 0 Å². The Morgan fingerprint density at radius 1 is 1.09 bits per heavy atom. The van der Waals surface area contributed by atoms with E-state index in [1.165, 1.54) is 11.1 Å². The average Bonchev–Trinajstić information content (AvgIpc) is 2.48. The van der Waals surface area contributed by atoms with Crippen molar-refractivity contribution < 1.29 is 4.74 Å². The number of hydrogen-bond donors (Lipinski definition) is 2. The predicted molar refractivity (Wildman–Crippen MR) is 92.6 cm³/mol. The zero-order chi connectivity index (χ0) is 16.1. The number of aliphatic imine (C=N–C) groups is 1. The van der Waals surface area contributed by atoms with E-state index in [-0.39, 0.29) is 0 Å². The van der Waals surface area contributed by atoms with Crippen molar-refractivity contribution in [3.8, 4) is 5.75 Å². The van der Waals surface area contributed by atoms with Gasteiger partial charge < -0.3 is 15.8 Å². The van der Waals surface area contributed by atoms with Gasteiger partial charge in [-0.15, -0.1) is 0 Å². The van der Waals surface area contributed by atoms with Gasteiger partial charge in [0.2, 0.25) is 0 Å². The van der Waals surface area contributed by atoms with E-state index >= 15 is 0 Å². The molecule has 4 nitrogen and oxygen atoms in total. The van der Waals surface area contributed by atoms with Crippen LogP contribution in [0.2, 0.25) is 0 Å². The lowest BCUT2D eigenvalue weighted by atomic mass is 10.1. The van der Waals surface area contributed by atoms with E-state index in [2.05, 4.69) is 42.4 Å². The summed E-state index contributed by atoms with van der Waals surface area (Å²) in [5.41, 5.74) is 11.6. The summed E-state index contributed by atoms with van der Waals surface area (Å²) < 4.78 is 5.27. The standard InChI is InChI=1S/C18H23N3O/c1-12-7-15(10-17(8-12)22-4)11-20-18(19)21-16-6-5-13(2)14(3)9-16/h5-10H,11H2,1-4H3,(H3,19,20,21). The average molecular weight is 297 g/mol. The molecule has 22 heavy (non-hydrogen) atoms. The second kappa shape index (κ2) is 6.98. The van der Waals surface area contributed by atoms with Crippen LogP contribution in [-0.2, 0) is 6.54 Å². The summed E-state index contributed by atoms with van der Waals surface area (Å²) in [5, 5.41) is 3.12. The molecule has 0 unspecified atom stereocenters. The third-order valence-electron chi connectivity index (χ3n) is 3.56. The molecule has 2 aromatic rings. The Morgan fingerprint density at radius 2 is 1.86 bits per heavy atom. The van der Waals surface area contributed by atoms with Crippen LogP contribution in [0.4, 0.5) is 5.69 Å². The van der Waals surface area contributed by atoms with E-state index in [9.17, 15) is 0 Å². The van der Waals surface area contributed by atoms with Crippen LogP contribution in [0.3, 0.4) is 0 Å². The van der Waals surface area contributed by atoms with Gasteiger partial charge in [-0.2, -0.15) is 0 Å². The number of nitrogens with one attached hydrogen (secondary N) is 1. The van der Waals surface area contributed by atoms with Crippen LogP contribution in [-0.4, -0.2) is 13.1 Å². The van der Waals surface area contributed by atoms with Gasteiger partial charge in [0.15, 0.2) is 5.96 Å². The van der Waals surface area contributed by atoms with Gasteiger partial charge in [0.05, 0.1) is 13.7 Å². The lowest BCUT2D eigenvalue weighted by Gasteiger charge is -2.09. The summed E-state index contributed by atoms with van der Waals surface area (Å²) in [5.74, 6) is 1.25. The van der Waals surface area contributed by atoms with E-state index in [1.807, 2.05) is 25.1 Å². The van der Waals surface area contributed by atoms with Crippen LogP contribution in [0, 0.1) is 20.8 Å². The molecule has 0 aliphatic carbocycles. The topological polar surface area (TPSA) is 59.6 Å². The first-order chi connectivity index (χ1) is 10.5. The van der Waals surface area contributed by atoms with E-state index in [4.69, 9.17) is 10.5 Å². The lowest BCUT2D eigenvalue weighted by molar-refractivity contribution is 0.414. The van der Waals surface area contributed by atoms with Crippen molar-refractivity contribution in [2.45, 2.75) is 27.3 Å². The third-order valence-corrected chi connectivity index (χ3v) is 3.56. The minimum absolute atomic E-state index is 0.406. The highest BCUT2D eigenvalue weighted by molar-refractivity contribution is 5.92. The van der Waals surface area contributed by atoms with Crippen LogP contribution in [0.15, 0.2) is 41.4 Å². The fourth-order valence-corrected chi connectivity index (χ4v) is 2.22. The van der Waals surface area contributed by atoms with Gasteiger partial charge in [-0.1, -0.05) is 12.1 Å². The molecule has 4 heteroatoms. The van der Waals surface area contributed by atoms with Crippen molar-refractivity contribution in [2.75, 3.05) is 12.4 Å². The SMILES string of the molecule is COc1cc(C)cc(CN=C(N)Nc2ccc(C)c(C)c2)c1. The first-order valence-corrected chi connectivity index (χ1v) is 7.26. The molecule has 0 aliphatic rings. The van der Waals surface area contributed by atoms with Crippen LogP contribution in [0.5, 0.6) is 5.75 Å². The fraction of sp³-hybridized carbons (Fsp3) is 0.278. The summed E-state index contributed by atoms with van der Waals surface area (Å²) in [7, 11) is 1.66. The molecule has 0 aromatic heterocycles. The molecule has 0 saturated carbocycles. The smallest absolute Gasteiger partial charge is 0.193 e. The number of ether oxygens (including phenoxy) is 1. The third kappa shape index (κ3) is 4.25. The first kappa shape index (κ1) is 15.9. The molecule has 0 radical (unpaired) electrons. The second-order valence-corrected chi connectivity index (χ2v) is 5.48. The van der Waals surface area contributed by atoms with Crippen LogP contribution in [0.1, 0.15) is 22.3 Å². The van der Waals surface area contributed by atoms with E-state index < -0.39 is 0 Å². The molecule has 0 atom stereocenters. The number of hydrogen-bond acceptors (Lipinski definition) is 2. The number of rotatable bonds is 4. The van der Waals surface area contributed by atoms with E-state index in [0.29, 0.717) is 12.5 Å². The van der Waals surface area contributed by atoms with Crippen molar-refractivity contribution in [3.05, 3.63) is 58.7 Å². The van der Waals surface area contributed by atoms with Crippen LogP contribution < -0.4 is 15.8 Å². The normalized spacial score (nSPS) is 11.4. The molecular weight excluding hydrogens is 274 g/mol. The summed E-state index contributed by atoms with van der Waals surface area (Å²) >= 11 is 0. The van der Waals surface area contributed by atoms with E-state index in [1.54, 1.807) is 7.11 Å². The summed E-state index contributed by atoms with van der Waals surface area (Å²) in [6, 6.07) is 12.2. The maximum Gasteiger partial charge on any atom is 0.193 e. The van der Waals surface area contributed by atoms with Gasteiger partial charge >= 0.3 is 0 Å². The quantitative estimate of drug-likeness (QED) is 0.670. The minimum Gasteiger partial charge on any atom is -0.497 e. The Morgan fingerprint density at radius 3 is 2.55 bits per heavy atom. The highest BCUT2D eigenvalue weighted by atomic mass is 16.5. The first-order valence-electron chi connectivity index (χ1n) is 7.26. The number of methoxy groups -OCH3 is 1. The number of guanidine groups is 1. The van der Waals surface area contributed by atoms with Crippen LogP contribution >= 0.6 is 0 Å². The molecule has 116 valence electrons. The summed E-state index contributed by atoms with van der Waals surface area (Å²) in [6.45, 7) is 6.71. The molecule has 3 N–H and O–H groups in total. The molecule has 0 fully saturated rings. The molecule has 0 heterocycles. The summed E-state index contributed by atoms with van der Waals surface area (Å²) in [6.07, 6.45) is 0. The minimum atomic E-state index is 0.406. The maximum absolute atomic E-state index is 5.96. The number of aryl methyl sites for hydroxylation is 3. The lowest BCUT2D eigenvalue weighted by Crippen LogP contribution is -2.22. The number of nitrogens with zero attached hydrogens (tertiary/aromatic N) is 1. The van der Waals surface area contributed by atoms with Crippen molar-refractivity contribution in [1.82, 2.24) is 0 Å². The molecule has 2 rings (SSSR count). The Labute approximate surface area is 132 Å². The van der Waals surface area contributed by atoms with Gasteiger partial charge in [0, 0.05) is 5.69 Å². The monoisotopic (exact) mass is 297 g/mol. The molecule has 0 amide bonds. The zero-order valence-corrected chi connectivity index (χ0v) is 13.6. The second-order valence-electron chi connectivity index (χ2n) is 5.48. The summed E-state index contributed by atoms with van der Waals surface area (Å²) in [4.78, 5) is 4.39. The van der Waals surface area contributed by atoms with Gasteiger partial charge in [0.1, 0.15) is 5.75 Å². The Bertz CT molecular complexity index is 693. The van der Waals surface area contributed by atoms with Gasteiger partial charge in [-0.25, -0.2) is 4.99 Å². The molecular formula is C18H23N3O. The predicted octanol–water partition coefficient (Wildman–Crippen LogP) is 3.55. The van der Waals surface area contributed by atoms with Crippen molar-refractivity contribution in [1.29, 1.82) is 0 Å². The Kier molecular flexibility index (Phi) is 5.04. The highest BCUT2D eigenvalue weighted by Gasteiger charge is 2.00. The molecule has 0 bridgehead atoms. The largest absolute Gasteiger partial charge is 0.497 e. The molecule has 0 spiro atoms. The fourth-order valence-electron chi connectivity index (χ4n) is 2.22. The van der Waals surface area contributed by atoms with Crippen molar-refractivity contribution in [2.24, 2.45) is 10.7 Å². The van der Waals surface area contributed by atoms with Gasteiger partial charge in [-0.05, 0) is 67.3 Å². The van der Waals surface area contributed by atoms with Gasteiger partial charge in [-0.3, -0.25) is 0 Å². The Hall–Kier alpha value is -2.49. The van der Waals surface area contributed by atoms with Crippen molar-refractivity contribution >= 4 is 11.6 Å². The molecule has 0 saturated heterocycles. The number of nitrogens with two attached hydrogens (primary N) is 1.